The summed E-state index contributed by atoms with van der Waals surface area (Å²) in [6.45, 7) is 4.28. The zero-order valence-electron chi connectivity index (χ0n) is 17.0. The fourth-order valence-electron chi connectivity index (χ4n) is 2.86. The van der Waals surface area contributed by atoms with E-state index in [-0.39, 0.29) is 30.0 Å². The molecule has 2 aromatic heterocycles. The molecule has 152 valence electrons. The van der Waals surface area contributed by atoms with Gasteiger partial charge in [-0.25, -0.2) is 0 Å². The van der Waals surface area contributed by atoms with Gasteiger partial charge in [-0.3, -0.25) is 9.67 Å². The monoisotopic (exact) mass is 507 g/mol. The Labute approximate surface area is 184 Å². The van der Waals surface area contributed by atoms with Crippen LogP contribution in [0.5, 0.6) is 0 Å². The van der Waals surface area contributed by atoms with Crippen LogP contribution in [-0.2, 0) is 20.6 Å². The molecule has 0 saturated heterocycles. The summed E-state index contributed by atoms with van der Waals surface area (Å²) in [5.74, 6) is 0.876. The average molecular weight is 508 g/mol. The van der Waals surface area contributed by atoms with E-state index in [2.05, 4.69) is 41.2 Å². The van der Waals surface area contributed by atoms with Crippen molar-refractivity contribution in [3.8, 4) is 0 Å². The maximum atomic E-state index is 6.10. The molecule has 1 N–H and O–H groups in total. The molecule has 0 aromatic carbocycles. The van der Waals surface area contributed by atoms with Crippen LogP contribution in [0.3, 0.4) is 0 Å². The molecule has 9 heteroatoms. The van der Waals surface area contributed by atoms with Gasteiger partial charge in [0.25, 0.3) is 0 Å². The Bertz CT molecular complexity index is 738. The first-order chi connectivity index (χ1) is 12.3. The van der Waals surface area contributed by atoms with E-state index < -0.39 is 0 Å². The second kappa shape index (κ2) is 10.9. The van der Waals surface area contributed by atoms with E-state index >= 15 is 0 Å². The minimum absolute atomic E-state index is 0. The van der Waals surface area contributed by atoms with E-state index in [0.29, 0.717) is 6.54 Å². The topological polar surface area (TPSA) is 53.6 Å². The Morgan fingerprint density at radius 3 is 2.48 bits per heavy atom. The maximum absolute atomic E-state index is 6.10. The Balaban J connectivity index is 0.00000364. The summed E-state index contributed by atoms with van der Waals surface area (Å²) in [4.78, 5) is 9.15. The van der Waals surface area contributed by atoms with Gasteiger partial charge in [-0.15, -0.1) is 24.0 Å². The molecule has 2 rings (SSSR count). The third-order valence-electron chi connectivity index (χ3n) is 4.32. The second-order valence-electron chi connectivity index (χ2n) is 6.74. The van der Waals surface area contributed by atoms with Crippen LogP contribution in [0, 0.1) is 0 Å². The van der Waals surface area contributed by atoms with Gasteiger partial charge in [0.05, 0.1) is 30.4 Å². The summed E-state index contributed by atoms with van der Waals surface area (Å²) >= 11 is 6.10. The SMILES string of the molecule is CCNC(=NCC(c1cnn(C)c1)N(C)C)N(C)Cc1cc(Cl)cn1C.I. The van der Waals surface area contributed by atoms with Crippen molar-refractivity contribution in [1.82, 2.24) is 29.5 Å². The number of aryl methyl sites for hydroxylation is 2. The van der Waals surface area contributed by atoms with Crippen LogP contribution in [0.25, 0.3) is 0 Å². The predicted octanol–water partition coefficient (Wildman–Crippen LogP) is 2.73. The highest BCUT2D eigenvalue weighted by Crippen LogP contribution is 2.18. The zero-order valence-corrected chi connectivity index (χ0v) is 20.1. The van der Waals surface area contributed by atoms with Gasteiger partial charge >= 0.3 is 0 Å². The molecule has 1 unspecified atom stereocenters. The van der Waals surface area contributed by atoms with Gasteiger partial charge in [-0.1, -0.05) is 11.6 Å². The number of likely N-dealkylation sites (N-methyl/N-ethyl adjacent to an activating group) is 1. The molecule has 0 aliphatic heterocycles. The lowest BCUT2D eigenvalue weighted by Crippen LogP contribution is -2.39. The number of nitrogens with zero attached hydrogens (tertiary/aromatic N) is 6. The molecular formula is C18H31ClIN7. The van der Waals surface area contributed by atoms with Gasteiger partial charge in [0.15, 0.2) is 5.96 Å². The minimum atomic E-state index is 0. The lowest BCUT2D eigenvalue weighted by molar-refractivity contribution is 0.305. The van der Waals surface area contributed by atoms with Gasteiger partial charge in [0.2, 0.25) is 0 Å². The van der Waals surface area contributed by atoms with Gasteiger partial charge in [-0.05, 0) is 27.1 Å². The van der Waals surface area contributed by atoms with Gasteiger partial charge < -0.3 is 19.7 Å². The van der Waals surface area contributed by atoms with Crippen molar-refractivity contribution < 1.29 is 0 Å². The average Bonchev–Trinajstić information content (AvgIpc) is 3.11. The quantitative estimate of drug-likeness (QED) is 0.356. The molecule has 2 heterocycles. The Morgan fingerprint density at radius 2 is 2.00 bits per heavy atom. The van der Waals surface area contributed by atoms with Crippen LogP contribution < -0.4 is 5.32 Å². The van der Waals surface area contributed by atoms with Gasteiger partial charge in [0.1, 0.15) is 0 Å². The smallest absolute Gasteiger partial charge is 0.194 e. The fraction of sp³-hybridized carbons (Fsp3) is 0.556. The number of rotatable bonds is 7. The Morgan fingerprint density at radius 1 is 1.30 bits per heavy atom. The van der Waals surface area contributed by atoms with E-state index in [0.717, 1.165) is 35.3 Å². The van der Waals surface area contributed by atoms with Crippen molar-refractivity contribution in [3.63, 3.8) is 0 Å². The number of aromatic nitrogens is 3. The van der Waals surface area contributed by atoms with E-state index in [1.807, 2.05) is 55.0 Å². The molecule has 0 fully saturated rings. The molecule has 0 radical (unpaired) electrons. The number of hydrogen-bond acceptors (Lipinski definition) is 3. The molecule has 0 bridgehead atoms. The number of aliphatic imine (C=N–C) groups is 1. The molecule has 0 spiro atoms. The number of halogens is 2. The Hall–Kier alpha value is -1.26. The van der Waals surface area contributed by atoms with E-state index in [1.54, 1.807) is 0 Å². The van der Waals surface area contributed by atoms with Crippen molar-refractivity contribution in [2.24, 2.45) is 19.1 Å². The van der Waals surface area contributed by atoms with Crippen LogP contribution in [0.2, 0.25) is 5.02 Å². The fourth-order valence-corrected chi connectivity index (χ4v) is 3.14. The third kappa shape index (κ3) is 6.69. The van der Waals surface area contributed by atoms with Gasteiger partial charge in [-0.2, -0.15) is 5.10 Å². The van der Waals surface area contributed by atoms with Crippen LogP contribution in [-0.4, -0.2) is 64.3 Å². The number of nitrogens with one attached hydrogen (secondary N) is 1. The molecule has 0 aliphatic carbocycles. The largest absolute Gasteiger partial charge is 0.357 e. The normalized spacial score (nSPS) is 12.8. The van der Waals surface area contributed by atoms with Crippen LogP contribution in [0.15, 0.2) is 29.6 Å². The van der Waals surface area contributed by atoms with Crippen molar-refractivity contribution in [2.45, 2.75) is 19.5 Å². The molecule has 0 saturated carbocycles. The first-order valence-electron chi connectivity index (χ1n) is 8.77. The zero-order chi connectivity index (χ0) is 19.3. The van der Waals surface area contributed by atoms with E-state index in [1.165, 1.54) is 0 Å². The van der Waals surface area contributed by atoms with Crippen molar-refractivity contribution >= 4 is 41.5 Å². The standard InChI is InChI=1S/C18H30ClN7.HI/c1-7-20-18(25(5)13-16-8-15(19)12-24(16)4)21-10-17(23(2)3)14-9-22-26(6)11-14;/h8-9,11-12,17H,7,10,13H2,1-6H3,(H,20,21);1H. The van der Waals surface area contributed by atoms with Crippen LogP contribution >= 0.6 is 35.6 Å². The molecule has 27 heavy (non-hydrogen) atoms. The lowest BCUT2D eigenvalue weighted by atomic mass is 10.1. The highest BCUT2D eigenvalue weighted by atomic mass is 127. The molecule has 7 nitrogen and oxygen atoms in total. The summed E-state index contributed by atoms with van der Waals surface area (Å²) in [7, 11) is 10.1. The number of guanidine groups is 1. The van der Waals surface area contributed by atoms with Gasteiger partial charge in [0, 0.05) is 51.3 Å². The summed E-state index contributed by atoms with van der Waals surface area (Å²) < 4.78 is 3.87. The lowest BCUT2D eigenvalue weighted by Gasteiger charge is -2.25. The maximum Gasteiger partial charge on any atom is 0.194 e. The molecule has 0 aliphatic rings. The van der Waals surface area contributed by atoms with Crippen molar-refractivity contribution in [2.75, 3.05) is 34.2 Å². The van der Waals surface area contributed by atoms with Crippen LogP contribution in [0.4, 0.5) is 0 Å². The predicted molar refractivity (Wildman–Crippen MR) is 123 cm³/mol. The van der Waals surface area contributed by atoms with Crippen LogP contribution in [0.1, 0.15) is 24.2 Å². The summed E-state index contributed by atoms with van der Waals surface area (Å²) in [5.41, 5.74) is 2.30. The molecule has 2 aromatic rings. The number of hydrogen-bond donors (Lipinski definition) is 1. The highest BCUT2D eigenvalue weighted by Gasteiger charge is 2.17. The molecule has 0 amide bonds. The second-order valence-corrected chi connectivity index (χ2v) is 7.17. The summed E-state index contributed by atoms with van der Waals surface area (Å²) in [6, 6.07) is 2.16. The van der Waals surface area contributed by atoms with E-state index in [9.17, 15) is 0 Å². The van der Waals surface area contributed by atoms with E-state index in [4.69, 9.17) is 16.6 Å². The molecular weight excluding hydrogens is 477 g/mol. The first-order valence-corrected chi connectivity index (χ1v) is 9.14. The summed E-state index contributed by atoms with van der Waals surface area (Å²) in [5, 5.41) is 8.41. The Kier molecular flexibility index (Phi) is 9.61. The van der Waals surface area contributed by atoms with Crippen molar-refractivity contribution in [1.29, 1.82) is 0 Å². The first kappa shape index (κ1) is 23.8. The molecule has 1 atom stereocenters. The van der Waals surface area contributed by atoms with Crippen molar-refractivity contribution in [3.05, 3.63) is 40.9 Å². The third-order valence-corrected chi connectivity index (χ3v) is 4.52. The highest BCUT2D eigenvalue weighted by molar-refractivity contribution is 14.0. The minimum Gasteiger partial charge on any atom is -0.357 e. The summed E-state index contributed by atoms with van der Waals surface area (Å²) in [6.07, 6.45) is 5.87.